The van der Waals surface area contributed by atoms with Crippen molar-refractivity contribution in [3.05, 3.63) is 58.4 Å². The Morgan fingerprint density at radius 2 is 1.74 bits per heavy atom. The van der Waals surface area contributed by atoms with Gasteiger partial charge < -0.3 is 15.6 Å². The number of nitrogens with zero attached hydrogens (tertiary/aromatic N) is 1. The zero-order valence-electron chi connectivity index (χ0n) is 14.0. The summed E-state index contributed by atoms with van der Waals surface area (Å²) >= 11 is 5.94. The highest BCUT2D eigenvalue weighted by Crippen LogP contribution is 2.15. The Bertz CT molecular complexity index is 562. The number of aryl methyl sites for hydroxylation is 3. The van der Waals surface area contributed by atoms with E-state index in [0.717, 1.165) is 50.3 Å². The second-order valence-corrected chi connectivity index (χ2v) is 6.59. The minimum absolute atomic E-state index is 0.774. The molecule has 3 N–H and O–H groups in total. The normalized spacial score (nSPS) is 11.3. The van der Waals surface area contributed by atoms with Crippen molar-refractivity contribution < 1.29 is 0 Å². The van der Waals surface area contributed by atoms with Crippen LogP contribution in [0.2, 0.25) is 5.02 Å². The van der Waals surface area contributed by atoms with Crippen LogP contribution >= 0.6 is 11.6 Å². The number of halogens is 1. The number of hydrogen-bond acceptors (Lipinski definition) is 2. The van der Waals surface area contributed by atoms with Crippen LogP contribution < -0.4 is 5.73 Å². The minimum Gasteiger partial charge on any atom is -0.365 e. The van der Waals surface area contributed by atoms with Crippen LogP contribution in [0.15, 0.2) is 36.5 Å². The Labute approximate surface area is 144 Å². The second-order valence-electron chi connectivity index (χ2n) is 6.16. The average molecular weight is 334 g/mol. The van der Waals surface area contributed by atoms with Crippen molar-refractivity contribution in [1.82, 2.24) is 9.88 Å². The zero-order chi connectivity index (χ0) is 16.5. The van der Waals surface area contributed by atoms with E-state index in [1.54, 1.807) is 0 Å². The highest BCUT2D eigenvalue weighted by Gasteiger charge is 2.05. The lowest BCUT2D eigenvalue weighted by Crippen LogP contribution is -2.23. The highest BCUT2D eigenvalue weighted by molar-refractivity contribution is 6.30. The molecule has 0 unspecified atom stereocenters. The Kier molecular flexibility index (Phi) is 7.66. The van der Waals surface area contributed by atoms with Gasteiger partial charge in [0.25, 0.3) is 0 Å². The first kappa shape index (κ1) is 18.1. The van der Waals surface area contributed by atoms with Crippen LogP contribution in [0.3, 0.4) is 0 Å². The average Bonchev–Trinajstić information content (AvgIpc) is 3.00. The summed E-state index contributed by atoms with van der Waals surface area (Å²) in [5.41, 5.74) is 9.70. The molecule has 126 valence electrons. The molecule has 0 radical (unpaired) electrons. The molecule has 1 heterocycles. The van der Waals surface area contributed by atoms with Gasteiger partial charge in [0, 0.05) is 16.9 Å². The van der Waals surface area contributed by atoms with Gasteiger partial charge in [0.05, 0.1) is 0 Å². The van der Waals surface area contributed by atoms with E-state index in [2.05, 4.69) is 41.3 Å². The lowest BCUT2D eigenvalue weighted by molar-refractivity contribution is 0.326. The molecule has 0 bridgehead atoms. The number of H-pyrrole nitrogens is 1. The lowest BCUT2D eigenvalue weighted by Gasteiger charge is -2.15. The number of nitrogens with one attached hydrogen (secondary N) is 1. The second kappa shape index (κ2) is 9.76. The van der Waals surface area contributed by atoms with Gasteiger partial charge in [0.1, 0.15) is 0 Å². The molecule has 0 atom stereocenters. The van der Waals surface area contributed by atoms with E-state index in [9.17, 15) is 0 Å². The van der Waals surface area contributed by atoms with Crippen LogP contribution in [0, 0.1) is 0 Å². The third-order valence-corrected chi connectivity index (χ3v) is 4.49. The van der Waals surface area contributed by atoms with E-state index >= 15 is 0 Å². The molecule has 0 fully saturated rings. The first-order valence-corrected chi connectivity index (χ1v) is 8.85. The highest BCUT2D eigenvalue weighted by atomic mass is 35.5. The van der Waals surface area contributed by atoms with Crippen molar-refractivity contribution in [2.24, 2.45) is 5.73 Å². The van der Waals surface area contributed by atoms with E-state index in [4.69, 9.17) is 17.3 Å². The van der Waals surface area contributed by atoms with E-state index in [0.29, 0.717) is 0 Å². The minimum atomic E-state index is 0.774. The predicted octanol–water partition coefficient (Wildman–Crippen LogP) is 3.67. The van der Waals surface area contributed by atoms with Crippen LogP contribution in [-0.2, 0) is 19.3 Å². The molecule has 0 aliphatic rings. The summed E-state index contributed by atoms with van der Waals surface area (Å²) in [5, 5.41) is 0.801. The molecule has 1 aromatic carbocycles. The fraction of sp³-hybridized carbons (Fsp3) is 0.474. The van der Waals surface area contributed by atoms with Gasteiger partial charge in [-0.05, 0) is 88.1 Å². The maximum absolute atomic E-state index is 5.94. The van der Waals surface area contributed by atoms with Crippen molar-refractivity contribution in [3.8, 4) is 0 Å². The van der Waals surface area contributed by atoms with Crippen LogP contribution in [0.25, 0.3) is 0 Å². The molecule has 0 saturated carbocycles. The van der Waals surface area contributed by atoms with Gasteiger partial charge in [0.15, 0.2) is 0 Å². The third-order valence-electron chi connectivity index (χ3n) is 4.24. The standard InChI is InChI=1S/C19H28ClN3/c1-23(15-3-12-21)14-2-4-19-17(11-13-22-19)8-5-16-6-9-18(20)10-7-16/h6-7,9-11,13,22H,2-5,8,12,14-15,21H2,1H3. The summed E-state index contributed by atoms with van der Waals surface area (Å²) in [4.78, 5) is 5.77. The molecule has 23 heavy (non-hydrogen) atoms. The van der Waals surface area contributed by atoms with Crippen LogP contribution in [0.1, 0.15) is 29.7 Å². The first-order chi connectivity index (χ1) is 11.2. The van der Waals surface area contributed by atoms with Crippen LogP contribution in [0.5, 0.6) is 0 Å². The van der Waals surface area contributed by atoms with Crippen molar-refractivity contribution in [1.29, 1.82) is 0 Å². The first-order valence-electron chi connectivity index (χ1n) is 8.47. The van der Waals surface area contributed by atoms with Gasteiger partial charge in [-0.3, -0.25) is 0 Å². The van der Waals surface area contributed by atoms with E-state index < -0.39 is 0 Å². The van der Waals surface area contributed by atoms with Crippen molar-refractivity contribution in [2.75, 3.05) is 26.7 Å². The molecular formula is C19H28ClN3. The Hall–Kier alpha value is -1.29. The molecule has 0 aliphatic carbocycles. The summed E-state index contributed by atoms with van der Waals surface area (Å²) in [5.74, 6) is 0. The number of nitrogens with two attached hydrogens (primary N) is 1. The maximum Gasteiger partial charge on any atom is 0.0406 e. The fourth-order valence-corrected chi connectivity index (χ4v) is 2.96. The monoisotopic (exact) mass is 333 g/mol. The van der Waals surface area contributed by atoms with E-state index in [-0.39, 0.29) is 0 Å². The molecule has 2 rings (SSSR count). The molecule has 1 aromatic heterocycles. The summed E-state index contributed by atoms with van der Waals surface area (Å²) in [6.45, 7) is 2.98. The predicted molar refractivity (Wildman–Crippen MR) is 99.1 cm³/mol. The van der Waals surface area contributed by atoms with Crippen LogP contribution in [0.4, 0.5) is 0 Å². The number of hydrogen-bond donors (Lipinski definition) is 2. The van der Waals surface area contributed by atoms with Gasteiger partial charge in [-0.1, -0.05) is 23.7 Å². The van der Waals surface area contributed by atoms with Gasteiger partial charge in [0.2, 0.25) is 0 Å². The topological polar surface area (TPSA) is 45.0 Å². The molecular weight excluding hydrogens is 306 g/mol. The lowest BCUT2D eigenvalue weighted by atomic mass is 10.0. The summed E-state index contributed by atoms with van der Waals surface area (Å²) in [6, 6.07) is 10.4. The van der Waals surface area contributed by atoms with E-state index in [1.165, 1.54) is 23.2 Å². The quantitative estimate of drug-likeness (QED) is 0.697. The largest absolute Gasteiger partial charge is 0.365 e. The molecule has 0 saturated heterocycles. The third kappa shape index (κ3) is 6.38. The molecule has 2 aromatic rings. The number of rotatable bonds is 10. The Balaban J connectivity index is 1.76. The molecule has 3 nitrogen and oxygen atoms in total. The molecule has 4 heteroatoms. The maximum atomic E-state index is 5.94. The number of aromatic amines is 1. The van der Waals surface area contributed by atoms with Gasteiger partial charge in [-0.15, -0.1) is 0 Å². The molecule has 0 spiro atoms. The molecule has 0 amide bonds. The smallest absolute Gasteiger partial charge is 0.0406 e. The number of benzene rings is 1. The summed E-state index contributed by atoms with van der Waals surface area (Å²) in [6.07, 6.45) is 7.54. The van der Waals surface area contributed by atoms with Crippen molar-refractivity contribution in [2.45, 2.75) is 32.1 Å². The van der Waals surface area contributed by atoms with Gasteiger partial charge >= 0.3 is 0 Å². The van der Waals surface area contributed by atoms with Crippen molar-refractivity contribution in [3.63, 3.8) is 0 Å². The Morgan fingerprint density at radius 3 is 2.48 bits per heavy atom. The van der Waals surface area contributed by atoms with E-state index in [1.807, 2.05) is 12.1 Å². The summed E-state index contributed by atoms with van der Waals surface area (Å²) < 4.78 is 0. The molecule has 0 aliphatic heterocycles. The van der Waals surface area contributed by atoms with Crippen molar-refractivity contribution >= 4 is 11.6 Å². The van der Waals surface area contributed by atoms with Crippen LogP contribution in [-0.4, -0.2) is 36.6 Å². The number of aromatic nitrogens is 1. The van der Waals surface area contributed by atoms with Gasteiger partial charge in [-0.2, -0.15) is 0 Å². The summed E-state index contributed by atoms with van der Waals surface area (Å²) in [7, 11) is 2.17. The fourth-order valence-electron chi connectivity index (χ4n) is 2.83. The zero-order valence-corrected chi connectivity index (χ0v) is 14.8. The Morgan fingerprint density at radius 1 is 1.00 bits per heavy atom. The SMILES string of the molecule is CN(CCCN)CCCc1[nH]ccc1CCc1ccc(Cl)cc1. The van der Waals surface area contributed by atoms with Gasteiger partial charge in [-0.25, -0.2) is 0 Å².